The molecule has 5 rings (SSSR count). The SMILES string of the molecule is COCCN1CN(C(c2ccccc2)c2ccccc2)n2c(CC#N)cc(=O)c(O)c2C2OC21. The molecule has 0 bridgehead atoms. The summed E-state index contributed by atoms with van der Waals surface area (Å²) < 4.78 is 13.1. The van der Waals surface area contributed by atoms with Crippen molar-refractivity contribution >= 4 is 0 Å². The highest BCUT2D eigenvalue weighted by atomic mass is 16.6. The van der Waals surface area contributed by atoms with Crippen molar-refractivity contribution in [1.29, 1.82) is 5.26 Å². The summed E-state index contributed by atoms with van der Waals surface area (Å²) in [5.41, 5.74) is 2.49. The standard InChI is InChI=1S/C26H26N4O4/c1-33-15-14-28-17-29(22(18-8-4-2-5-9-18)19-10-6-3-7-11-19)30-20(12-13-27)16-21(31)24(32)23(30)25-26(28)34-25/h2-11,16,22,25-26,32H,12,14-15,17H2,1H3. The van der Waals surface area contributed by atoms with E-state index in [2.05, 4.69) is 40.2 Å². The lowest BCUT2D eigenvalue weighted by Gasteiger charge is -2.40. The number of aromatic nitrogens is 1. The number of nitriles is 1. The number of nitrogens with zero attached hydrogens (tertiary/aromatic N) is 4. The molecular formula is C26H26N4O4. The van der Waals surface area contributed by atoms with Crippen molar-refractivity contribution in [3.8, 4) is 11.8 Å². The Kier molecular flexibility index (Phi) is 6.07. The minimum atomic E-state index is -0.507. The van der Waals surface area contributed by atoms with Gasteiger partial charge in [-0.2, -0.15) is 5.26 Å². The highest BCUT2D eigenvalue weighted by Gasteiger charge is 2.52. The van der Waals surface area contributed by atoms with Gasteiger partial charge in [0.05, 0.1) is 37.5 Å². The number of aromatic hydroxyl groups is 1. The van der Waals surface area contributed by atoms with E-state index in [4.69, 9.17) is 9.47 Å². The zero-order chi connectivity index (χ0) is 23.7. The summed E-state index contributed by atoms with van der Waals surface area (Å²) in [5.74, 6) is -0.340. The minimum Gasteiger partial charge on any atom is -0.503 e. The molecule has 1 N–H and O–H groups in total. The normalized spacial score (nSPS) is 19.3. The fraction of sp³-hybridized carbons (Fsp3) is 0.308. The van der Waals surface area contributed by atoms with Gasteiger partial charge in [-0.15, -0.1) is 0 Å². The van der Waals surface area contributed by atoms with Gasteiger partial charge >= 0.3 is 0 Å². The molecule has 2 unspecified atom stereocenters. The van der Waals surface area contributed by atoms with Gasteiger partial charge < -0.3 is 14.6 Å². The summed E-state index contributed by atoms with van der Waals surface area (Å²) in [4.78, 5) is 14.8. The average molecular weight is 459 g/mol. The largest absolute Gasteiger partial charge is 0.503 e. The zero-order valence-corrected chi connectivity index (χ0v) is 18.9. The van der Waals surface area contributed by atoms with Crippen molar-refractivity contribution < 1.29 is 14.6 Å². The molecule has 0 aliphatic carbocycles. The van der Waals surface area contributed by atoms with E-state index in [1.165, 1.54) is 6.07 Å². The van der Waals surface area contributed by atoms with Crippen LogP contribution in [0.5, 0.6) is 5.75 Å². The van der Waals surface area contributed by atoms with Crippen LogP contribution < -0.4 is 10.4 Å². The molecule has 3 heterocycles. The molecule has 8 nitrogen and oxygen atoms in total. The highest BCUT2D eigenvalue weighted by molar-refractivity contribution is 5.42. The van der Waals surface area contributed by atoms with E-state index in [0.717, 1.165) is 11.1 Å². The maximum atomic E-state index is 12.7. The summed E-state index contributed by atoms with van der Waals surface area (Å²) in [7, 11) is 1.65. The Labute approximate surface area is 197 Å². The minimum absolute atomic E-state index is 0.0186. The first-order chi connectivity index (χ1) is 16.6. The van der Waals surface area contributed by atoms with Gasteiger partial charge in [0.25, 0.3) is 0 Å². The fourth-order valence-corrected chi connectivity index (χ4v) is 4.75. The number of benzene rings is 2. The van der Waals surface area contributed by atoms with Gasteiger partial charge in [0.2, 0.25) is 5.43 Å². The van der Waals surface area contributed by atoms with Crippen LogP contribution in [0.25, 0.3) is 0 Å². The predicted molar refractivity (Wildman–Crippen MR) is 126 cm³/mol. The second kappa shape index (κ2) is 9.31. The second-order valence-electron chi connectivity index (χ2n) is 8.44. The van der Waals surface area contributed by atoms with Crippen molar-refractivity contribution in [2.24, 2.45) is 0 Å². The Bertz CT molecular complexity index is 1220. The Hall–Kier alpha value is -3.64. The van der Waals surface area contributed by atoms with Crippen LogP contribution in [-0.2, 0) is 15.9 Å². The topological polar surface area (TPSA) is 94.3 Å². The molecule has 34 heavy (non-hydrogen) atoms. The van der Waals surface area contributed by atoms with Gasteiger partial charge in [-0.1, -0.05) is 60.7 Å². The third-order valence-electron chi connectivity index (χ3n) is 6.33. The third-order valence-corrected chi connectivity index (χ3v) is 6.33. The van der Waals surface area contributed by atoms with Gasteiger partial charge in [-0.05, 0) is 11.1 Å². The number of fused-ring (bicyclic) bond motifs is 3. The van der Waals surface area contributed by atoms with E-state index in [9.17, 15) is 15.2 Å². The zero-order valence-electron chi connectivity index (χ0n) is 18.9. The number of ether oxygens (including phenoxy) is 2. The molecular weight excluding hydrogens is 432 g/mol. The molecule has 2 aliphatic heterocycles. The summed E-state index contributed by atoms with van der Waals surface area (Å²) >= 11 is 0. The number of epoxide rings is 1. The Morgan fingerprint density at radius 3 is 2.38 bits per heavy atom. The van der Waals surface area contributed by atoms with Crippen molar-refractivity contribution in [2.45, 2.75) is 24.8 Å². The van der Waals surface area contributed by atoms with Crippen LogP contribution in [0.2, 0.25) is 0 Å². The molecule has 3 aromatic rings. The fourth-order valence-electron chi connectivity index (χ4n) is 4.75. The molecule has 1 aromatic heterocycles. The number of pyridine rings is 1. The van der Waals surface area contributed by atoms with E-state index in [1.54, 1.807) is 7.11 Å². The first-order valence-electron chi connectivity index (χ1n) is 11.2. The quantitative estimate of drug-likeness (QED) is 0.544. The van der Waals surface area contributed by atoms with Gasteiger partial charge in [0.15, 0.2) is 5.75 Å². The van der Waals surface area contributed by atoms with Gasteiger partial charge in [-0.3, -0.25) is 19.4 Å². The summed E-state index contributed by atoms with van der Waals surface area (Å²) in [6, 6.07) is 23.4. The van der Waals surface area contributed by atoms with Crippen molar-refractivity contribution in [3.63, 3.8) is 0 Å². The van der Waals surface area contributed by atoms with Crippen molar-refractivity contribution in [2.75, 3.05) is 31.9 Å². The summed E-state index contributed by atoms with van der Waals surface area (Å²) in [5, 5.41) is 22.6. The molecule has 2 aromatic carbocycles. The molecule has 0 saturated carbocycles. The molecule has 0 amide bonds. The van der Waals surface area contributed by atoms with Crippen LogP contribution >= 0.6 is 0 Å². The first kappa shape index (κ1) is 22.2. The molecule has 174 valence electrons. The molecule has 8 heteroatoms. The third kappa shape index (κ3) is 3.94. The number of rotatable bonds is 7. The van der Waals surface area contributed by atoms with Crippen LogP contribution in [-0.4, -0.2) is 47.8 Å². The summed E-state index contributed by atoms with van der Waals surface area (Å²) in [6.07, 6.45) is -0.744. The lowest BCUT2D eigenvalue weighted by atomic mass is 9.98. The molecule has 0 radical (unpaired) electrons. The summed E-state index contributed by atoms with van der Waals surface area (Å²) in [6.45, 7) is 1.55. The molecule has 1 saturated heterocycles. The van der Waals surface area contributed by atoms with E-state index in [1.807, 2.05) is 41.1 Å². The Balaban J connectivity index is 1.75. The average Bonchev–Trinajstić information content (AvgIpc) is 3.65. The van der Waals surface area contributed by atoms with Crippen LogP contribution in [0.15, 0.2) is 71.5 Å². The van der Waals surface area contributed by atoms with E-state index >= 15 is 0 Å². The number of hydrogen-bond donors (Lipinski definition) is 1. The second-order valence-corrected chi connectivity index (χ2v) is 8.44. The maximum Gasteiger partial charge on any atom is 0.224 e. The van der Waals surface area contributed by atoms with Crippen molar-refractivity contribution in [3.05, 3.63) is 99.5 Å². The van der Waals surface area contributed by atoms with Crippen LogP contribution in [0.3, 0.4) is 0 Å². The molecule has 2 aliphatic rings. The lowest BCUT2D eigenvalue weighted by Crippen LogP contribution is -2.48. The van der Waals surface area contributed by atoms with E-state index in [-0.39, 0.29) is 24.4 Å². The lowest BCUT2D eigenvalue weighted by molar-refractivity contribution is 0.105. The van der Waals surface area contributed by atoms with Crippen LogP contribution in [0.1, 0.15) is 34.7 Å². The maximum absolute atomic E-state index is 12.7. The van der Waals surface area contributed by atoms with Crippen molar-refractivity contribution in [1.82, 2.24) is 9.58 Å². The predicted octanol–water partition coefficient (Wildman–Crippen LogP) is 2.66. The molecule has 1 fully saturated rings. The number of methoxy groups -OCH3 is 1. The van der Waals surface area contributed by atoms with Gasteiger partial charge in [0.1, 0.15) is 18.0 Å². The molecule has 2 atom stereocenters. The first-order valence-corrected chi connectivity index (χ1v) is 11.2. The highest BCUT2D eigenvalue weighted by Crippen LogP contribution is 2.47. The Morgan fingerprint density at radius 1 is 1.15 bits per heavy atom. The van der Waals surface area contributed by atoms with Crippen LogP contribution in [0, 0.1) is 11.3 Å². The Morgan fingerprint density at radius 2 is 1.79 bits per heavy atom. The van der Waals surface area contributed by atoms with Gasteiger partial charge in [-0.25, -0.2) is 0 Å². The van der Waals surface area contributed by atoms with E-state index in [0.29, 0.717) is 31.2 Å². The molecule has 0 spiro atoms. The van der Waals surface area contributed by atoms with E-state index < -0.39 is 11.5 Å². The monoisotopic (exact) mass is 458 g/mol. The number of hydrogen-bond acceptors (Lipinski definition) is 7. The smallest absolute Gasteiger partial charge is 0.224 e. The van der Waals surface area contributed by atoms with Crippen LogP contribution in [0.4, 0.5) is 0 Å². The van der Waals surface area contributed by atoms with Gasteiger partial charge in [0, 0.05) is 19.7 Å².